The van der Waals surface area contributed by atoms with E-state index in [1.807, 2.05) is 26.8 Å². The van der Waals surface area contributed by atoms with Gasteiger partial charge in [-0.3, -0.25) is 9.48 Å². The number of aryl methyl sites for hydroxylation is 2. The zero-order chi connectivity index (χ0) is 13.5. The van der Waals surface area contributed by atoms with Gasteiger partial charge in [-0.2, -0.15) is 5.10 Å². The van der Waals surface area contributed by atoms with Crippen LogP contribution in [0.3, 0.4) is 0 Å². The summed E-state index contributed by atoms with van der Waals surface area (Å²) in [6.07, 6.45) is 7.04. The van der Waals surface area contributed by atoms with Crippen LogP contribution >= 0.6 is 0 Å². The number of aromatic nitrogens is 2. The van der Waals surface area contributed by atoms with Gasteiger partial charge in [0.05, 0.1) is 12.2 Å². The molecule has 98 valence electrons. The van der Waals surface area contributed by atoms with Crippen molar-refractivity contribution < 1.29 is 4.79 Å². The molecule has 0 aliphatic rings. The van der Waals surface area contributed by atoms with Crippen molar-refractivity contribution in [3.05, 3.63) is 17.5 Å². The molecule has 0 saturated heterocycles. The molecule has 0 aliphatic carbocycles. The molecule has 0 bridgehead atoms. The minimum Gasteiger partial charge on any atom is -0.326 e. The molecule has 1 amide bonds. The largest absolute Gasteiger partial charge is 0.326 e. The van der Waals surface area contributed by atoms with Gasteiger partial charge in [0.1, 0.15) is 5.69 Å². The van der Waals surface area contributed by atoms with Crippen LogP contribution in [-0.4, -0.2) is 33.7 Å². The Hall–Kier alpha value is -1.76. The first-order chi connectivity index (χ1) is 8.67. The SMILES string of the molecule is C#CCN(CCC)C(=O)c1cc(CC)nn1CC. The lowest BCUT2D eigenvalue weighted by atomic mass is 10.2. The summed E-state index contributed by atoms with van der Waals surface area (Å²) in [7, 11) is 0. The van der Waals surface area contributed by atoms with Crippen LogP contribution in [-0.2, 0) is 13.0 Å². The Labute approximate surface area is 109 Å². The summed E-state index contributed by atoms with van der Waals surface area (Å²) in [4.78, 5) is 14.1. The van der Waals surface area contributed by atoms with Crippen LogP contribution < -0.4 is 0 Å². The van der Waals surface area contributed by atoms with E-state index in [9.17, 15) is 4.79 Å². The summed E-state index contributed by atoms with van der Waals surface area (Å²) >= 11 is 0. The zero-order valence-electron chi connectivity index (χ0n) is 11.4. The van der Waals surface area contributed by atoms with Crippen molar-refractivity contribution in [2.75, 3.05) is 13.1 Å². The summed E-state index contributed by atoms with van der Waals surface area (Å²) in [5.74, 6) is 2.51. The van der Waals surface area contributed by atoms with Gasteiger partial charge in [0, 0.05) is 13.1 Å². The van der Waals surface area contributed by atoms with Crippen molar-refractivity contribution in [1.29, 1.82) is 0 Å². The van der Waals surface area contributed by atoms with Crippen molar-refractivity contribution in [2.24, 2.45) is 0 Å². The van der Waals surface area contributed by atoms with Crippen molar-refractivity contribution in [1.82, 2.24) is 14.7 Å². The van der Waals surface area contributed by atoms with Gasteiger partial charge in [-0.15, -0.1) is 6.42 Å². The topological polar surface area (TPSA) is 38.1 Å². The first kappa shape index (κ1) is 14.3. The van der Waals surface area contributed by atoms with Gasteiger partial charge in [-0.25, -0.2) is 0 Å². The Kier molecular flexibility index (Phi) is 5.44. The molecule has 4 nitrogen and oxygen atoms in total. The van der Waals surface area contributed by atoms with E-state index in [0.29, 0.717) is 25.3 Å². The van der Waals surface area contributed by atoms with E-state index in [0.717, 1.165) is 18.5 Å². The van der Waals surface area contributed by atoms with E-state index >= 15 is 0 Å². The number of amides is 1. The highest BCUT2D eigenvalue weighted by atomic mass is 16.2. The van der Waals surface area contributed by atoms with Crippen LogP contribution in [0, 0.1) is 12.3 Å². The van der Waals surface area contributed by atoms with Gasteiger partial charge in [-0.05, 0) is 25.8 Å². The van der Waals surface area contributed by atoms with E-state index in [4.69, 9.17) is 6.42 Å². The average Bonchev–Trinajstić information content (AvgIpc) is 2.81. The second kappa shape index (κ2) is 6.85. The fourth-order valence-corrected chi connectivity index (χ4v) is 1.85. The maximum atomic E-state index is 12.4. The summed E-state index contributed by atoms with van der Waals surface area (Å²) in [6.45, 7) is 7.77. The molecule has 0 fully saturated rings. The second-order valence-corrected chi connectivity index (χ2v) is 4.12. The van der Waals surface area contributed by atoms with E-state index in [1.165, 1.54) is 0 Å². The minimum absolute atomic E-state index is 0.0242. The van der Waals surface area contributed by atoms with Gasteiger partial charge < -0.3 is 4.90 Å². The van der Waals surface area contributed by atoms with Crippen LogP contribution in [0.4, 0.5) is 0 Å². The quantitative estimate of drug-likeness (QED) is 0.721. The zero-order valence-corrected chi connectivity index (χ0v) is 11.4. The lowest BCUT2D eigenvalue weighted by Crippen LogP contribution is -2.33. The molecule has 1 rings (SSSR count). The number of carbonyl (C=O) groups is 1. The molecule has 4 heteroatoms. The Morgan fingerprint density at radius 2 is 2.22 bits per heavy atom. The van der Waals surface area contributed by atoms with E-state index in [-0.39, 0.29) is 5.91 Å². The number of rotatable bonds is 6. The molecule has 1 aromatic rings. The van der Waals surface area contributed by atoms with Crippen LogP contribution in [0.2, 0.25) is 0 Å². The predicted molar refractivity (Wildman–Crippen MR) is 72.3 cm³/mol. The van der Waals surface area contributed by atoms with Crippen LogP contribution in [0.25, 0.3) is 0 Å². The highest BCUT2D eigenvalue weighted by Gasteiger charge is 2.19. The molecular weight excluding hydrogens is 226 g/mol. The summed E-state index contributed by atoms with van der Waals surface area (Å²) in [5, 5.41) is 4.39. The fraction of sp³-hybridized carbons (Fsp3) is 0.571. The monoisotopic (exact) mass is 247 g/mol. The summed E-state index contributed by atoms with van der Waals surface area (Å²) < 4.78 is 1.75. The molecule has 0 unspecified atom stereocenters. The van der Waals surface area contributed by atoms with Gasteiger partial charge in [0.25, 0.3) is 5.91 Å². The smallest absolute Gasteiger partial charge is 0.272 e. The number of carbonyl (C=O) groups excluding carboxylic acids is 1. The molecule has 0 radical (unpaired) electrons. The Bertz CT molecular complexity index is 442. The van der Waals surface area contributed by atoms with Gasteiger partial charge in [0.15, 0.2) is 0 Å². The molecule has 0 aromatic carbocycles. The molecule has 18 heavy (non-hydrogen) atoms. The standard InChI is InChI=1S/C14H21N3O/c1-5-9-16(10-6-2)14(18)13-11-12(7-3)15-17(13)8-4/h1,11H,6-10H2,2-4H3. The van der Waals surface area contributed by atoms with Crippen LogP contribution in [0.15, 0.2) is 6.07 Å². The average molecular weight is 247 g/mol. The molecule has 0 aliphatic heterocycles. The molecule has 0 saturated carbocycles. The second-order valence-electron chi connectivity index (χ2n) is 4.12. The normalized spacial score (nSPS) is 10.1. The number of nitrogens with zero attached hydrogens (tertiary/aromatic N) is 3. The number of hydrogen-bond donors (Lipinski definition) is 0. The molecule has 1 aromatic heterocycles. The van der Waals surface area contributed by atoms with Crippen LogP contribution in [0.1, 0.15) is 43.4 Å². The predicted octanol–water partition coefficient (Wildman–Crippen LogP) is 1.95. The third-order valence-corrected chi connectivity index (χ3v) is 2.77. The minimum atomic E-state index is -0.0242. The van der Waals surface area contributed by atoms with Crippen LogP contribution in [0.5, 0.6) is 0 Å². The molecule has 0 atom stereocenters. The number of terminal acetylenes is 1. The molecule has 0 spiro atoms. The lowest BCUT2D eigenvalue weighted by Gasteiger charge is -2.19. The molecular formula is C14H21N3O. The van der Waals surface area contributed by atoms with Gasteiger partial charge in [0.2, 0.25) is 0 Å². The van der Waals surface area contributed by atoms with Crippen molar-refractivity contribution >= 4 is 5.91 Å². The van der Waals surface area contributed by atoms with Crippen molar-refractivity contribution in [3.63, 3.8) is 0 Å². The number of hydrogen-bond acceptors (Lipinski definition) is 2. The highest BCUT2D eigenvalue weighted by Crippen LogP contribution is 2.09. The molecule has 0 N–H and O–H groups in total. The first-order valence-corrected chi connectivity index (χ1v) is 6.47. The van der Waals surface area contributed by atoms with Crippen molar-refractivity contribution in [3.8, 4) is 12.3 Å². The maximum absolute atomic E-state index is 12.4. The van der Waals surface area contributed by atoms with Gasteiger partial charge in [-0.1, -0.05) is 19.8 Å². The first-order valence-electron chi connectivity index (χ1n) is 6.47. The Balaban J connectivity index is 3.00. The third-order valence-electron chi connectivity index (χ3n) is 2.77. The highest BCUT2D eigenvalue weighted by molar-refractivity contribution is 5.92. The van der Waals surface area contributed by atoms with E-state index in [2.05, 4.69) is 11.0 Å². The van der Waals surface area contributed by atoms with E-state index < -0.39 is 0 Å². The lowest BCUT2D eigenvalue weighted by molar-refractivity contribution is 0.0764. The van der Waals surface area contributed by atoms with E-state index in [1.54, 1.807) is 9.58 Å². The summed E-state index contributed by atoms with van der Waals surface area (Å²) in [6, 6.07) is 1.87. The van der Waals surface area contributed by atoms with Crippen molar-refractivity contribution in [2.45, 2.75) is 40.2 Å². The van der Waals surface area contributed by atoms with Gasteiger partial charge >= 0.3 is 0 Å². The maximum Gasteiger partial charge on any atom is 0.272 e. The molecule has 1 heterocycles. The Morgan fingerprint density at radius 3 is 2.72 bits per heavy atom. The summed E-state index contributed by atoms with van der Waals surface area (Å²) in [5.41, 5.74) is 1.58. The fourth-order valence-electron chi connectivity index (χ4n) is 1.85. The Morgan fingerprint density at radius 1 is 1.50 bits per heavy atom. The third kappa shape index (κ3) is 3.13.